The molecule has 0 aliphatic heterocycles. The van der Waals surface area contributed by atoms with Crippen LogP contribution in [0.3, 0.4) is 0 Å². The molecule has 0 saturated heterocycles. The first-order chi connectivity index (χ1) is 12.3. The van der Waals surface area contributed by atoms with Crippen molar-refractivity contribution in [2.24, 2.45) is 0 Å². The molecule has 132 valence electrons. The number of carbonyl (C=O) groups excluding carboxylic acids is 3. The van der Waals surface area contributed by atoms with Gasteiger partial charge in [-0.1, -0.05) is 0 Å². The third-order valence-electron chi connectivity index (χ3n) is 3.65. The van der Waals surface area contributed by atoms with Crippen LogP contribution in [0.5, 0.6) is 11.5 Å². The number of hydrogen-bond donors (Lipinski definition) is 0. The van der Waals surface area contributed by atoms with Gasteiger partial charge in [0.2, 0.25) is 0 Å². The minimum atomic E-state index is -0.446. The van der Waals surface area contributed by atoms with Crippen LogP contribution < -0.4 is 9.47 Å². The van der Waals surface area contributed by atoms with Gasteiger partial charge in [-0.15, -0.1) is 0 Å². The Morgan fingerprint density at radius 3 is 1.96 bits per heavy atom. The monoisotopic (exact) mass is 352 g/mol. The minimum absolute atomic E-state index is 0.178. The molecule has 3 rings (SSSR count). The molecule has 0 aliphatic carbocycles. The fourth-order valence-corrected chi connectivity index (χ4v) is 2.70. The molecule has 6 nitrogen and oxygen atoms in total. The zero-order valence-corrected chi connectivity index (χ0v) is 14.5. The van der Waals surface area contributed by atoms with Gasteiger partial charge in [0, 0.05) is 24.8 Å². The molecule has 1 heterocycles. The first-order valence-electron chi connectivity index (χ1n) is 7.90. The summed E-state index contributed by atoms with van der Waals surface area (Å²) in [6.45, 7) is 4.07. The van der Waals surface area contributed by atoms with Crippen molar-refractivity contribution in [1.29, 1.82) is 0 Å². The Kier molecular flexibility index (Phi) is 4.58. The molecular formula is C20H16O6. The van der Waals surface area contributed by atoms with Gasteiger partial charge in [0.25, 0.3) is 0 Å². The van der Waals surface area contributed by atoms with E-state index in [9.17, 15) is 14.4 Å². The molecule has 0 fully saturated rings. The van der Waals surface area contributed by atoms with Crippen LogP contribution >= 0.6 is 0 Å². The van der Waals surface area contributed by atoms with Gasteiger partial charge in [-0.3, -0.25) is 14.4 Å². The first kappa shape index (κ1) is 17.4. The van der Waals surface area contributed by atoms with E-state index in [4.69, 9.17) is 13.9 Å². The molecule has 1 aromatic heterocycles. The Hall–Kier alpha value is -3.41. The van der Waals surface area contributed by atoms with Crippen molar-refractivity contribution >= 4 is 28.7 Å². The molecule has 6 heteroatoms. The van der Waals surface area contributed by atoms with Crippen molar-refractivity contribution in [3.05, 3.63) is 48.0 Å². The van der Waals surface area contributed by atoms with Gasteiger partial charge in [0.05, 0.1) is 5.56 Å². The summed E-state index contributed by atoms with van der Waals surface area (Å²) in [4.78, 5) is 34.4. The molecule has 0 bridgehead atoms. The van der Waals surface area contributed by atoms with Gasteiger partial charge in [0.1, 0.15) is 22.8 Å². The fourth-order valence-electron chi connectivity index (χ4n) is 2.70. The summed E-state index contributed by atoms with van der Waals surface area (Å²) in [5.74, 6) is 0.107. The maximum atomic E-state index is 12.2. The summed E-state index contributed by atoms with van der Waals surface area (Å²) in [6, 6.07) is 11.5. The number of carbonyl (C=O) groups is 3. The smallest absolute Gasteiger partial charge is 0.308 e. The lowest BCUT2D eigenvalue weighted by molar-refractivity contribution is -0.132. The van der Waals surface area contributed by atoms with E-state index < -0.39 is 11.9 Å². The van der Waals surface area contributed by atoms with E-state index in [0.717, 1.165) is 0 Å². The minimum Gasteiger partial charge on any atom is -0.455 e. The van der Waals surface area contributed by atoms with E-state index in [-0.39, 0.29) is 5.78 Å². The zero-order valence-electron chi connectivity index (χ0n) is 14.5. The van der Waals surface area contributed by atoms with Crippen LogP contribution in [-0.4, -0.2) is 17.7 Å². The van der Waals surface area contributed by atoms with Crippen molar-refractivity contribution in [2.75, 3.05) is 0 Å². The van der Waals surface area contributed by atoms with Crippen LogP contribution in [0, 0.1) is 0 Å². The van der Waals surface area contributed by atoms with Gasteiger partial charge < -0.3 is 13.9 Å². The summed E-state index contributed by atoms with van der Waals surface area (Å²) < 4.78 is 16.0. The van der Waals surface area contributed by atoms with E-state index in [1.54, 1.807) is 42.5 Å². The number of ketones is 1. The number of hydrogen-bond acceptors (Lipinski definition) is 6. The zero-order chi connectivity index (χ0) is 18.8. The molecule has 0 radical (unpaired) electrons. The Bertz CT molecular complexity index is 1010. The summed E-state index contributed by atoms with van der Waals surface area (Å²) in [5, 5.41) is 0.565. The molecule has 3 aromatic rings. The fraction of sp³-hybridized carbons (Fsp3) is 0.150. The van der Waals surface area contributed by atoms with Crippen LogP contribution in [0.4, 0.5) is 0 Å². The van der Waals surface area contributed by atoms with Crippen molar-refractivity contribution in [2.45, 2.75) is 20.8 Å². The Labute approximate surface area is 149 Å². The number of benzene rings is 2. The molecule has 0 aliphatic rings. The van der Waals surface area contributed by atoms with Gasteiger partial charge in [-0.25, -0.2) is 0 Å². The van der Waals surface area contributed by atoms with E-state index in [2.05, 4.69) is 0 Å². The molecule has 0 spiro atoms. The lowest BCUT2D eigenvalue weighted by Gasteiger charge is -2.03. The van der Waals surface area contributed by atoms with Crippen LogP contribution in [-0.2, 0) is 9.59 Å². The third-order valence-corrected chi connectivity index (χ3v) is 3.65. The third kappa shape index (κ3) is 3.49. The molecule has 0 unspecified atom stereocenters. The van der Waals surface area contributed by atoms with Gasteiger partial charge in [0.15, 0.2) is 5.78 Å². The average molecular weight is 352 g/mol. The number of ether oxygens (including phenoxy) is 2. The second-order valence-corrected chi connectivity index (χ2v) is 5.73. The lowest BCUT2D eigenvalue weighted by atomic mass is 10.0. The summed E-state index contributed by atoms with van der Waals surface area (Å²) >= 11 is 0. The van der Waals surface area contributed by atoms with E-state index in [0.29, 0.717) is 39.4 Å². The second kappa shape index (κ2) is 6.84. The molecule has 26 heavy (non-hydrogen) atoms. The summed E-state index contributed by atoms with van der Waals surface area (Å²) in [7, 11) is 0. The van der Waals surface area contributed by atoms with Crippen LogP contribution in [0.15, 0.2) is 46.9 Å². The highest BCUT2D eigenvalue weighted by Gasteiger charge is 2.20. The van der Waals surface area contributed by atoms with Crippen LogP contribution in [0.25, 0.3) is 22.3 Å². The number of rotatable bonds is 4. The topological polar surface area (TPSA) is 82.8 Å². The number of furan rings is 1. The largest absolute Gasteiger partial charge is 0.455 e. The van der Waals surface area contributed by atoms with Crippen LogP contribution in [0.1, 0.15) is 31.1 Å². The Morgan fingerprint density at radius 2 is 1.38 bits per heavy atom. The van der Waals surface area contributed by atoms with Gasteiger partial charge in [-0.05, 0) is 49.4 Å². The number of esters is 2. The maximum Gasteiger partial charge on any atom is 0.308 e. The van der Waals surface area contributed by atoms with Gasteiger partial charge in [-0.2, -0.15) is 0 Å². The molecule has 0 amide bonds. The van der Waals surface area contributed by atoms with E-state index >= 15 is 0 Å². The lowest BCUT2D eigenvalue weighted by Crippen LogP contribution is -2.01. The second-order valence-electron chi connectivity index (χ2n) is 5.73. The maximum absolute atomic E-state index is 12.2. The molecule has 0 atom stereocenters. The molecule has 0 N–H and O–H groups in total. The molecule has 2 aromatic carbocycles. The normalized spacial score (nSPS) is 10.6. The van der Waals surface area contributed by atoms with Crippen molar-refractivity contribution in [3.63, 3.8) is 0 Å². The predicted octanol–water partition coefficient (Wildman–Crippen LogP) is 4.15. The Morgan fingerprint density at radius 1 is 0.808 bits per heavy atom. The highest BCUT2D eigenvalue weighted by molar-refractivity contribution is 6.11. The average Bonchev–Trinajstić information content (AvgIpc) is 2.93. The highest BCUT2D eigenvalue weighted by atomic mass is 16.5. The first-order valence-corrected chi connectivity index (χ1v) is 7.90. The predicted molar refractivity (Wildman–Crippen MR) is 94.3 cm³/mol. The van der Waals surface area contributed by atoms with Crippen molar-refractivity contribution in [1.82, 2.24) is 0 Å². The highest BCUT2D eigenvalue weighted by Crippen LogP contribution is 2.36. The quantitative estimate of drug-likeness (QED) is 0.398. The number of fused-ring (bicyclic) bond motifs is 1. The molecule has 0 saturated carbocycles. The SMILES string of the molecule is CC(=O)Oc1ccc(-c2oc3ccc(OC(C)=O)cc3c2C(C)=O)cc1. The van der Waals surface area contributed by atoms with E-state index in [1.165, 1.54) is 20.8 Å². The molecular weight excluding hydrogens is 336 g/mol. The van der Waals surface area contributed by atoms with Crippen LogP contribution in [0.2, 0.25) is 0 Å². The van der Waals surface area contributed by atoms with E-state index in [1.807, 2.05) is 0 Å². The van der Waals surface area contributed by atoms with Crippen molar-refractivity contribution < 1.29 is 28.3 Å². The summed E-state index contributed by atoms with van der Waals surface area (Å²) in [6.07, 6.45) is 0. The number of Topliss-reactive ketones (excluding diaryl/α,β-unsaturated/α-hetero) is 1. The van der Waals surface area contributed by atoms with Crippen molar-refractivity contribution in [3.8, 4) is 22.8 Å². The standard InChI is InChI=1S/C20H16O6/c1-11(21)19-17-10-16(25-13(3)23)8-9-18(17)26-20(19)14-4-6-15(7-5-14)24-12(2)22/h4-10H,1-3H3. The van der Waals surface area contributed by atoms with Gasteiger partial charge >= 0.3 is 11.9 Å². The summed E-state index contributed by atoms with van der Waals surface area (Å²) in [5.41, 5.74) is 1.57. The Balaban J connectivity index is 2.10.